The molecule has 1 heterocycles. The van der Waals surface area contributed by atoms with Gasteiger partial charge in [-0.2, -0.15) is 0 Å². The maximum absolute atomic E-state index is 6.06. The average Bonchev–Trinajstić information content (AvgIpc) is 3.29. The SMILES string of the molecule is COc1ccc(C2CCc3cc(OC)ccc3C2(C)C)c(CNCCc2ccc(OCCN3CCCCCC3)cc2)c1. The molecule has 42 heavy (non-hydrogen) atoms. The van der Waals surface area contributed by atoms with Gasteiger partial charge < -0.3 is 19.5 Å². The predicted molar refractivity (Wildman–Crippen MR) is 172 cm³/mol. The summed E-state index contributed by atoms with van der Waals surface area (Å²) in [6, 6.07) is 21.9. The highest BCUT2D eigenvalue weighted by Gasteiger charge is 2.38. The van der Waals surface area contributed by atoms with Gasteiger partial charge in [0.1, 0.15) is 23.9 Å². The third-order valence-corrected chi connectivity index (χ3v) is 9.51. The van der Waals surface area contributed by atoms with Crippen molar-refractivity contribution in [3.8, 4) is 17.2 Å². The van der Waals surface area contributed by atoms with Crippen LogP contribution in [0.5, 0.6) is 17.2 Å². The van der Waals surface area contributed by atoms with E-state index in [9.17, 15) is 0 Å². The summed E-state index contributed by atoms with van der Waals surface area (Å²) < 4.78 is 17.2. The fourth-order valence-corrected chi connectivity index (χ4v) is 6.99. The smallest absolute Gasteiger partial charge is 0.119 e. The molecular weight excluding hydrogens is 520 g/mol. The maximum Gasteiger partial charge on any atom is 0.119 e. The van der Waals surface area contributed by atoms with Crippen molar-refractivity contribution in [1.82, 2.24) is 10.2 Å². The van der Waals surface area contributed by atoms with Crippen molar-refractivity contribution >= 4 is 0 Å². The Hall–Kier alpha value is -3.02. The Balaban J connectivity index is 1.16. The second-order valence-electron chi connectivity index (χ2n) is 12.6. The molecular formula is C37H50N2O3. The van der Waals surface area contributed by atoms with Gasteiger partial charge in [-0.3, -0.25) is 4.90 Å². The van der Waals surface area contributed by atoms with E-state index in [0.717, 1.165) is 62.8 Å². The lowest BCUT2D eigenvalue weighted by Crippen LogP contribution is -2.33. The maximum atomic E-state index is 6.06. The Bertz CT molecular complexity index is 1280. The topological polar surface area (TPSA) is 43.0 Å². The molecule has 5 nitrogen and oxygen atoms in total. The molecule has 1 N–H and O–H groups in total. The fraction of sp³-hybridized carbons (Fsp3) is 0.514. The molecule has 0 radical (unpaired) electrons. The molecule has 1 atom stereocenters. The number of rotatable bonds is 12. The van der Waals surface area contributed by atoms with Crippen molar-refractivity contribution in [2.45, 2.75) is 76.7 Å². The Morgan fingerprint density at radius 3 is 2.26 bits per heavy atom. The highest BCUT2D eigenvalue weighted by molar-refractivity contribution is 5.47. The summed E-state index contributed by atoms with van der Waals surface area (Å²) in [6.07, 6.45) is 8.57. The Morgan fingerprint density at radius 2 is 1.52 bits per heavy atom. The van der Waals surface area contributed by atoms with Crippen LogP contribution >= 0.6 is 0 Å². The summed E-state index contributed by atoms with van der Waals surface area (Å²) >= 11 is 0. The summed E-state index contributed by atoms with van der Waals surface area (Å²) in [6.45, 7) is 10.8. The van der Waals surface area contributed by atoms with Gasteiger partial charge in [0.25, 0.3) is 0 Å². The number of fused-ring (bicyclic) bond motifs is 1. The van der Waals surface area contributed by atoms with Crippen LogP contribution in [0.2, 0.25) is 0 Å². The monoisotopic (exact) mass is 570 g/mol. The lowest BCUT2D eigenvalue weighted by atomic mass is 9.62. The zero-order valence-electron chi connectivity index (χ0n) is 26.2. The van der Waals surface area contributed by atoms with Crippen LogP contribution in [0.4, 0.5) is 0 Å². The molecule has 0 bridgehead atoms. The number of nitrogens with zero attached hydrogens (tertiary/aromatic N) is 1. The van der Waals surface area contributed by atoms with Gasteiger partial charge in [0, 0.05) is 13.1 Å². The number of aryl methyl sites for hydroxylation is 1. The molecule has 0 aromatic heterocycles. The molecule has 1 aliphatic heterocycles. The number of hydrogen-bond acceptors (Lipinski definition) is 5. The van der Waals surface area contributed by atoms with Gasteiger partial charge in [0.05, 0.1) is 14.2 Å². The van der Waals surface area contributed by atoms with Gasteiger partial charge in [-0.1, -0.05) is 51.0 Å². The number of likely N-dealkylation sites (tertiary alicyclic amines) is 1. The van der Waals surface area contributed by atoms with E-state index < -0.39 is 0 Å². The third kappa shape index (κ3) is 7.48. The summed E-state index contributed by atoms with van der Waals surface area (Å²) in [5.74, 6) is 3.27. The van der Waals surface area contributed by atoms with E-state index in [1.807, 2.05) is 0 Å². The molecule has 3 aromatic rings. The second kappa shape index (κ2) is 14.4. The van der Waals surface area contributed by atoms with Crippen LogP contribution < -0.4 is 19.5 Å². The molecule has 1 aliphatic carbocycles. The first-order chi connectivity index (χ1) is 20.5. The first kappa shape index (κ1) is 30.4. The molecule has 0 amide bonds. The van der Waals surface area contributed by atoms with E-state index >= 15 is 0 Å². The molecule has 1 unspecified atom stereocenters. The molecule has 2 aliphatic rings. The quantitative estimate of drug-likeness (QED) is 0.232. The average molecular weight is 571 g/mol. The number of ether oxygens (including phenoxy) is 3. The van der Waals surface area contributed by atoms with Gasteiger partial charge in [0.15, 0.2) is 0 Å². The third-order valence-electron chi connectivity index (χ3n) is 9.51. The van der Waals surface area contributed by atoms with Gasteiger partial charge in [-0.15, -0.1) is 0 Å². The normalized spacial score (nSPS) is 18.6. The molecule has 5 rings (SSSR count). The van der Waals surface area contributed by atoms with Crippen molar-refractivity contribution in [3.63, 3.8) is 0 Å². The van der Waals surface area contributed by atoms with Crippen LogP contribution in [0.3, 0.4) is 0 Å². The first-order valence-corrected chi connectivity index (χ1v) is 16.0. The van der Waals surface area contributed by atoms with E-state index in [0.29, 0.717) is 5.92 Å². The first-order valence-electron chi connectivity index (χ1n) is 16.0. The molecule has 0 saturated carbocycles. The van der Waals surface area contributed by atoms with Gasteiger partial charge in [0.2, 0.25) is 0 Å². The van der Waals surface area contributed by atoms with Gasteiger partial charge >= 0.3 is 0 Å². The number of methoxy groups -OCH3 is 2. The summed E-state index contributed by atoms with van der Waals surface area (Å²) in [5, 5.41) is 3.72. The Labute approximate surface area is 253 Å². The van der Waals surface area contributed by atoms with Crippen LogP contribution in [0.15, 0.2) is 60.7 Å². The van der Waals surface area contributed by atoms with Crippen molar-refractivity contribution in [2.24, 2.45) is 0 Å². The molecule has 5 heteroatoms. The van der Waals surface area contributed by atoms with E-state index in [4.69, 9.17) is 14.2 Å². The van der Waals surface area contributed by atoms with Crippen LogP contribution in [0.1, 0.15) is 79.7 Å². The zero-order valence-corrected chi connectivity index (χ0v) is 26.2. The molecule has 1 saturated heterocycles. The minimum atomic E-state index is 0.0279. The van der Waals surface area contributed by atoms with E-state index in [-0.39, 0.29) is 5.41 Å². The van der Waals surface area contributed by atoms with Crippen LogP contribution in [0, 0.1) is 0 Å². The van der Waals surface area contributed by atoms with Crippen LogP contribution in [-0.4, -0.2) is 51.9 Å². The lowest BCUT2D eigenvalue weighted by Gasteiger charge is -2.42. The predicted octanol–water partition coefficient (Wildman–Crippen LogP) is 7.30. The summed E-state index contributed by atoms with van der Waals surface area (Å²) in [4.78, 5) is 2.55. The highest BCUT2D eigenvalue weighted by Crippen LogP contribution is 2.48. The van der Waals surface area contributed by atoms with Crippen LogP contribution in [0.25, 0.3) is 0 Å². The van der Waals surface area contributed by atoms with Gasteiger partial charge in [-0.25, -0.2) is 0 Å². The number of hydrogen-bond donors (Lipinski definition) is 1. The zero-order chi connectivity index (χ0) is 29.4. The van der Waals surface area contributed by atoms with E-state index in [1.165, 1.54) is 66.6 Å². The Kier molecular flexibility index (Phi) is 10.5. The van der Waals surface area contributed by atoms with Crippen molar-refractivity contribution in [3.05, 3.63) is 88.5 Å². The largest absolute Gasteiger partial charge is 0.497 e. The summed E-state index contributed by atoms with van der Waals surface area (Å²) in [5.41, 5.74) is 6.96. The van der Waals surface area contributed by atoms with E-state index in [2.05, 4.69) is 84.7 Å². The van der Waals surface area contributed by atoms with Crippen molar-refractivity contribution in [2.75, 3.05) is 47.0 Å². The lowest BCUT2D eigenvalue weighted by molar-refractivity contribution is 0.214. The van der Waals surface area contributed by atoms with E-state index in [1.54, 1.807) is 14.2 Å². The van der Waals surface area contributed by atoms with Crippen molar-refractivity contribution < 1.29 is 14.2 Å². The molecule has 226 valence electrons. The standard InChI is InChI=1S/C37H50N2O3/c1-37(2)35-18-15-33(41-4)25-29(35)11-17-36(37)34-16-14-32(40-3)26-30(34)27-38-20-19-28-9-12-31(13-10-28)42-24-23-39-21-7-5-6-8-22-39/h9-10,12-16,18,25-26,36,38H,5-8,11,17,19-24,27H2,1-4H3. The minimum absolute atomic E-state index is 0.0279. The summed E-state index contributed by atoms with van der Waals surface area (Å²) in [7, 11) is 3.50. The number of benzene rings is 3. The van der Waals surface area contributed by atoms with Crippen molar-refractivity contribution in [1.29, 1.82) is 0 Å². The van der Waals surface area contributed by atoms with Crippen LogP contribution in [-0.2, 0) is 24.8 Å². The highest BCUT2D eigenvalue weighted by atomic mass is 16.5. The molecule has 0 spiro atoms. The Morgan fingerprint density at radius 1 is 0.833 bits per heavy atom. The number of nitrogens with one attached hydrogen (secondary N) is 1. The molecule has 1 fully saturated rings. The molecule has 3 aromatic carbocycles. The fourth-order valence-electron chi connectivity index (χ4n) is 6.99. The minimum Gasteiger partial charge on any atom is -0.497 e. The van der Waals surface area contributed by atoms with Gasteiger partial charge in [-0.05, 0) is 127 Å². The second-order valence-corrected chi connectivity index (χ2v) is 12.6.